The van der Waals surface area contributed by atoms with Crippen molar-refractivity contribution in [2.75, 3.05) is 6.54 Å². The van der Waals surface area contributed by atoms with Crippen molar-refractivity contribution in [1.29, 1.82) is 0 Å². The fourth-order valence-electron chi connectivity index (χ4n) is 2.14. The van der Waals surface area contributed by atoms with E-state index in [-0.39, 0.29) is 11.9 Å². The summed E-state index contributed by atoms with van der Waals surface area (Å²) in [6.07, 6.45) is 0.928. The average molecular weight is 277 g/mol. The van der Waals surface area contributed by atoms with Crippen molar-refractivity contribution in [3.63, 3.8) is 0 Å². The number of nitrogens with one attached hydrogen (secondary N) is 2. The number of rotatable bonds is 4. The van der Waals surface area contributed by atoms with Crippen LogP contribution in [0.1, 0.15) is 31.9 Å². The Kier molecular flexibility index (Phi) is 4.04. The second kappa shape index (κ2) is 5.57. The van der Waals surface area contributed by atoms with E-state index in [0.29, 0.717) is 11.3 Å². The SMILES string of the molecule is CCCNC(=O)C(C)n1c(=S)[nH]c2cc(C)ccc21. The quantitative estimate of drug-likeness (QED) is 0.844. The van der Waals surface area contributed by atoms with Crippen LogP contribution >= 0.6 is 12.2 Å². The van der Waals surface area contributed by atoms with Crippen molar-refractivity contribution in [1.82, 2.24) is 14.9 Å². The van der Waals surface area contributed by atoms with Gasteiger partial charge in [0.25, 0.3) is 0 Å². The zero-order chi connectivity index (χ0) is 14.0. The molecule has 2 N–H and O–H groups in total. The second-order valence-corrected chi connectivity index (χ2v) is 5.17. The number of H-pyrrole nitrogens is 1. The lowest BCUT2D eigenvalue weighted by molar-refractivity contribution is -0.123. The molecule has 4 nitrogen and oxygen atoms in total. The molecule has 0 aliphatic rings. The van der Waals surface area contributed by atoms with E-state index < -0.39 is 0 Å². The third-order valence-electron chi connectivity index (χ3n) is 3.19. The van der Waals surface area contributed by atoms with E-state index in [0.717, 1.165) is 17.5 Å². The number of imidazole rings is 1. The molecule has 0 bridgehead atoms. The Bertz CT molecular complexity index is 656. The zero-order valence-corrected chi connectivity index (χ0v) is 12.3. The summed E-state index contributed by atoms with van der Waals surface area (Å²) in [7, 11) is 0. The molecule has 0 aliphatic heterocycles. The molecule has 0 fully saturated rings. The number of hydrogen-bond donors (Lipinski definition) is 2. The van der Waals surface area contributed by atoms with Crippen molar-refractivity contribution in [3.8, 4) is 0 Å². The van der Waals surface area contributed by atoms with Gasteiger partial charge in [-0.05, 0) is 50.2 Å². The average Bonchev–Trinajstić information content (AvgIpc) is 2.70. The predicted molar refractivity (Wildman–Crippen MR) is 79.9 cm³/mol. The maximum absolute atomic E-state index is 12.1. The first-order valence-electron chi connectivity index (χ1n) is 6.53. The van der Waals surface area contributed by atoms with Gasteiger partial charge in [-0.15, -0.1) is 0 Å². The molecular formula is C14H19N3OS. The molecule has 1 aromatic carbocycles. The van der Waals surface area contributed by atoms with Crippen LogP contribution in [0.2, 0.25) is 0 Å². The highest BCUT2D eigenvalue weighted by molar-refractivity contribution is 7.71. The Hall–Kier alpha value is -1.62. The van der Waals surface area contributed by atoms with E-state index in [9.17, 15) is 4.79 Å². The monoisotopic (exact) mass is 277 g/mol. The molecule has 1 atom stereocenters. The fraction of sp³-hybridized carbons (Fsp3) is 0.429. The van der Waals surface area contributed by atoms with E-state index in [1.807, 2.05) is 43.5 Å². The number of benzene rings is 1. The molecule has 2 aromatic rings. The van der Waals surface area contributed by atoms with Crippen LogP contribution in [0.5, 0.6) is 0 Å². The van der Waals surface area contributed by atoms with Gasteiger partial charge in [0.1, 0.15) is 6.04 Å². The largest absolute Gasteiger partial charge is 0.354 e. The number of nitrogens with zero attached hydrogens (tertiary/aromatic N) is 1. The first kappa shape index (κ1) is 13.8. The minimum atomic E-state index is -0.310. The van der Waals surface area contributed by atoms with Gasteiger partial charge in [-0.3, -0.25) is 4.79 Å². The number of carbonyl (C=O) groups excluding carboxylic acids is 1. The van der Waals surface area contributed by atoms with E-state index in [1.54, 1.807) is 0 Å². The van der Waals surface area contributed by atoms with Crippen molar-refractivity contribution in [3.05, 3.63) is 28.5 Å². The van der Waals surface area contributed by atoms with Gasteiger partial charge in [0.05, 0.1) is 11.0 Å². The summed E-state index contributed by atoms with van der Waals surface area (Å²) in [5, 5.41) is 2.90. The summed E-state index contributed by atoms with van der Waals surface area (Å²) in [6, 6.07) is 5.76. The van der Waals surface area contributed by atoms with Gasteiger partial charge in [-0.1, -0.05) is 13.0 Å². The van der Waals surface area contributed by atoms with Crippen LogP contribution in [0, 0.1) is 11.7 Å². The third-order valence-corrected chi connectivity index (χ3v) is 3.49. The topological polar surface area (TPSA) is 49.8 Å². The van der Waals surface area contributed by atoms with Crippen molar-refractivity contribution in [2.45, 2.75) is 33.2 Å². The molecule has 1 heterocycles. The minimum absolute atomic E-state index is 0.000532. The second-order valence-electron chi connectivity index (χ2n) is 4.79. The maximum Gasteiger partial charge on any atom is 0.242 e. The number of aryl methyl sites for hydroxylation is 1. The number of carbonyl (C=O) groups is 1. The molecule has 1 unspecified atom stereocenters. The van der Waals surface area contributed by atoms with Gasteiger partial charge in [0.15, 0.2) is 4.77 Å². The normalized spacial score (nSPS) is 12.6. The van der Waals surface area contributed by atoms with Gasteiger partial charge in [0.2, 0.25) is 5.91 Å². The van der Waals surface area contributed by atoms with Crippen LogP contribution in [-0.2, 0) is 4.79 Å². The summed E-state index contributed by atoms with van der Waals surface area (Å²) < 4.78 is 2.45. The van der Waals surface area contributed by atoms with E-state index in [2.05, 4.69) is 10.3 Å². The number of aromatic amines is 1. The van der Waals surface area contributed by atoms with Crippen LogP contribution < -0.4 is 5.32 Å². The molecule has 0 spiro atoms. The highest BCUT2D eigenvalue weighted by Gasteiger charge is 2.17. The summed E-state index contributed by atoms with van der Waals surface area (Å²) in [6.45, 7) is 6.63. The molecule has 19 heavy (non-hydrogen) atoms. The summed E-state index contributed by atoms with van der Waals surface area (Å²) in [5.41, 5.74) is 3.11. The molecule has 2 rings (SSSR count). The van der Waals surface area contributed by atoms with Crippen LogP contribution in [0.25, 0.3) is 11.0 Å². The Morgan fingerprint density at radius 2 is 2.26 bits per heavy atom. The summed E-state index contributed by atoms with van der Waals surface area (Å²) in [5.74, 6) is -0.000532. The van der Waals surface area contributed by atoms with Crippen LogP contribution in [0.4, 0.5) is 0 Å². The third kappa shape index (κ3) is 2.71. The first-order chi connectivity index (χ1) is 9.04. The van der Waals surface area contributed by atoms with Crippen molar-refractivity contribution in [2.24, 2.45) is 0 Å². The Morgan fingerprint density at radius 1 is 1.53 bits per heavy atom. The van der Waals surface area contributed by atoms with Gasteiger partial charge in [0, 0.05) is 6.54 Å². The summed E-state index contributed by atoms with van der Waals surface area (Å²) in [4.78, 5) is 15.2. The van der Waals surface area contributed by atoms with Gasteiger partial charge < -0.3 is 14.9 Å². The lowest BCUT2D eigenvalue weighted by atomic mass is 10.2. The number of fused-ring (bicyclic) bond motifs is 1. The molecular weight excluding hydrogens is 258 g/mol. The number of hydrogen-bond acceptors (Lipinski definition) is 2. The predicted octanol–water partition coefficient (Wildman–Crippen LogP) is 3.09. The zero-order valence-electron chi connectivity index (χ0n) is 11.5. The lowest BCUT2D eigenvalue weighted by Gasteiger charge is -2.14. The van der Waals surface area contributed by atoms with Crippen LogP contribution in [0.3, 0.4) is 0 Å². The van der Waals surface area contributed by atoms with Gasteiger partial charge in [-0.25, -0.2) is 0 Å². The minimum Gasteiger partial charge on any atom is -0.354 e. The highest BCUT2D eigenvalue weighted by atomic mass is 32.1. The molecule has 0 radical (unpaired) electrons. The number of aromatic nitrogens is 2. The van der Waals surface area contributed by atoms with Crippen LogP contribution in [0.15, 0.2) is 18.2 Å². The van der Waals surface area contributed by atoms with E-state index in [4.69, 9.17) is 12.2 Å². The molecule has 1 aromatic heterocycles. The molecule has 1 amide bonds. The van der Waals surface area contributed by atoms with E-state index >= 15 is 0 Å². The molecule has 5 heteroatoms. The smallest absolute Gasteiger partial charge is 0.242 e. The highest BCUT2D eigenvalue weighted by Crippen LogP contribution is 2.20. The molecule has 102 valence electrons. The molecule has 0 saturated carbocycles. The van der Waals surface area contributed by atoms with Crippen molar-refractivity contribution >= 4 is 29.2 Å². The van der Waals surface area contributed by atoms with Crippen LogP contribution in [-0.4, -0.2) is 22.0 Å². The molecule has 0 saturated heterocycles. The standard InChI is InChI=1S/C14H19N3OS/c1-4-7-15-13(18)10(3)17-12-6-5-9(2)8-11(12)16-14(17)19/h5-6,8,10H,4,7H2,1-3H3,(H,15,18)(H,16,19). The first-order valence-corrected chi connectivity index (χ1v) is 6.94. The lowest BCUT2D eigenvalue weighted by Crippen LogP contribution is -2.31. The van der Waals surface area contributed by atoms with Gasteiger partial charge in [-0.2, -0.15) is 0 Å². The molecule has 0 aliphatic carbocycles. The Balaban J connectivity index is 2.41. The summed E-state index contributed by atoms with van der Waals surface area (Å²) >= 11 is 5.33. The number of amides is 1. The Morgan fingerprint density at radius 3 is 2.95 bits per heavy atom. The van der Waals surface area contributed by atoms with Crippen molar-refractivity contribution < 1.29 is 4.79 Å². The van der Waals surface area contributed by atoms with E-state index in [1.165, 1.54) is 5.56 Å². The Labute approximate surface area is 117 Å². The van der Waals surface area contributed by atoms with Gasteiger partial charge >= 0.3 is 0 Å². The maximum atomic E-state index is 12.1. The fourth-order valence-corrected chi connectivity index (χ4v) is 2.51.